The molecule has 2 aromatic carbocycles. The van der Waals surface area contributed by atoms with Crippen molar-refractivity contribution in [2.75, 3.05) is 39.3 Å². The van der Waals surface area contributed by atoms with Crippen LogP contribution in [0.2, 0.25) is 0 Å². The fraction of sp³-hybridized carbons (Fsp3) is 0.364. The molecule has 1 aliphatic heterocycles. The third kappa shape index (κ3) is 4.27. The van der Waals surface area contributed by atoms with Crippen molar-refractivity contribution in [3.63, 3.8) is 0 Å². The van der Waals surface area contributed by atoms with E-state index in [1.54, 1.807) is 43.2 Å². The molecule has 28 heavy (non-hydrogen) atoms. The van der Waals surface area contributed by atoms with Gasteiger partial charge in [-0.3, -0.25) is 9.59 Å². The number of hydrogen-bond acceptors (Lipinski definition) is 4. The Balaban J connectivity index is 1.60. The molecule has 1 saturated heterocycles. The van der Waals surface area contributed by atoms with E-state index in [0.29, 0.717) is 36.4 Å². The molecule has 0 radical (unpaired) electrons. The summed E-state index contributed by atoms with van der Waals surface area (Å²) >= 11 is 0. The van der Waals surface area contributed by atoms with Crippen molar-refractivity contribution in [1.29, 1.82) is 0 Å². The van der Waals surface area contributed by atoms with Crippen molar-refractivity contribution in [2.45, 2.75) is 19.3 Å². The average Bonchev–Trinajstić information content (AvgIpc) is 3.17. The first-order chi connectivity index (χ1) is 13.5. The second-order valence-corrected chi connectivity index (χ2v) is 6.86. The number of likely N-dealkylation sites (N-methyl/N-ethyl adjacent to an activating group) is 1. The van der Waals surface area contributed by atoms with E-state index < -0.39 is 0 Å². The van der Waals surface area contributed by atoms with Crippen LogP contribution in [-0.2, 0) is 11.2 Å². The lowest BCUT2D eigenvalue weighted by atomic mass is 10.1. The van der Waals surface area contributed by atoms with Crippen molar-refractivity contribution in [3.05, 3.63) is 53.6 Å². The fourth-order valence-corrected chi connectivity index (χ4v) is 3.36. The molecule has 1 fully saturated rings. The van der Waals surface area contributed by atoms with E-state index >= 15 is 0 Å². The summed E-state index contributed by atoms with van der Waals surface area (Å²) < 4.78 is 10.6. The first kappa shape index (κ1) is 19.7. The maximum atomic E-state index is 12.7. The van der Waals surface area contributed by atoms with Crippen LogP contribution in [-0.4, -0.2) is 51.1 Å². The number of anilines is 1. The lowest BCUT2D eigenvalue weighted by Gasteiger charge is -2.19. The third-order valence-corrected chi connectivity index (χ3v) is 5.03. The highest BCUT2D eigenvalue weighted by atomic mass is 16.5. The third-order valence-electron chi connectivity index (χ3n) is 5.03. The highest BCUT2D eigenvalue weighted by Crippen LogP contribution is 2.28. The van der Waals surface area contributed by atoms with E-state index in [9.17, 15) is 9.59 Å². The SMILES string of the molecule is COc1ccc(CCN(C)C(=O)c2ccc(N3CCCC3=O)cc2)cc1OC. The molecule has 2 aromatic rings. The molecule has 0 saturated carbocycles. The minimum atomic E-state index is -0.0419. The highest BCUT2D eigenvalue weighted by Gasteiger charge is 2.22. The van der Waals surface area contributed by atoms with Crippen LogP contribution in [0.3, 0.4) is 0 Å². The largest absolute Gasteiger partial charge is 0.493 e. The Hall–Kier alpha value is -3.02. The van der Waals surface area contributed by atoms with Crippen LogP contribution >= 0.6 is 0 Å². The van der Waals surface area contributed by atoms with E-state index in [2.05, 4.69) is 0 Å². The molecule has 0 atom stereocenters. The molecule has 2 amide bonds. The first-order valence-corrected chi connectivity index (χ1v) is 9.40. The summed E-state index contributed by atoms with van der Waals surface area (Å²) in [6.45, 7) is 1.33. The minimum absolute atomic E-state index is 0.0419. The lowest BCUT2D eigenvalue weighted by molar-refractivity contribution is -0.117. The molecular formula is C22H26N2O4. The van der Waals surface area contributed by atoms with Gasteiger partial charge in [-0.1, -0.05) is 6.07 Å². The normalized spacial score (nSPS) is 13.5. The number of rotatable bonds is 7. The fourth-order valence-electron chi connectivity index (χ4n) is 3.36. The van der Waals surface area contributed by atoms with Gasteiger partial charge in [-0.15, -0.1) is 0 Å². The van der Waals surface area contributed by atoms with Gasteiger partial charge >= 0.3 is 0 Å². The van der Waals surface area contributed by atoms with Crippen molar-refractivity contribution in [3.8, 4) is 11.5 Å². The molecule has 6 nitrogen and oxygen atoms in total. The van der Waals surface area contributed by atoms with Crippen LogP contribution in [0.25, 0.3) is 0 Å². The summed E-state index contributed by atoms with van der Waals surface area (Å²) in [5.41, 5.74) is 2.54. The summed E-state index contributed by atoms with van der Waals surface area (Å²) in [6.07, 6.45) is 2.20. The summed E-state index contributed by atoms with van der Waals surface area (Å²) in [5, 5.41) is 0. The molecule has 0 N–H and O–H groups in total. The summed E-state index contributed by atoms with van der Waals surface area (Å²) in [7, 11) is 5.01. The highest BCUT2D eigenvalue weighted by molar-refractivity contribution is 5.97. The number of carbonyl (C=O) groups is 2. The van der Waals surface area contributed by atoms with Gasteiger partial charge in [0.1, 0.15) is 0 Å². The van der Waals surface area contributed by atoms with Crippen LogP contribution in [0.5, 0.6) is 11.5 Å². The Labute approximate surface area is 165 Å². The standard InChI is InChI=1S/C22H26N2O4/c1-23(14-12-16-6-11-19(27-2)20(15-16)28-3)22(26)17-7-9-18(10-8-17)24-13-4-5-21(24)25/h6-11,15H,4-5,12-14H2,1-3H3. The number of carbonyl (C=O) groups excluding carboxylic acids is 2. The van der Waals surface area contributed by atoms with Crippen LogP contribution in [0.15, 0.2) is 42.5 Å². The zero-order valence-electron chi connectivity index (χ0n) is 16.6. The molecule has 0 spiro atoms. The molecule has 0 aliphatic carbocycles. The average molecular weight is 382 g/mol. The van der Waals surface area contributed by atoms with Gasteiger partial charge in [0.15, 0.2) is 11.5 Å². The van der Waals surface area contributed by atoms with Crippen molar-refractivity contribution >= 4 is 17.5 Å². The number of amides is 2. The molecular weight excluding hydrogens is 356 g/mol. The van der Waals surface area contributed by atoms with Gasteiger partial charge in [-0.25, -0.2) is 0 Å². The minimum Gasteiger partial charge on any atom is -0.493 e. The number of ether oxygens (including phenoxy) is 2. The van der Waals surface area contributed by atoms with Gasteiger partial charge in [0.25, 0.3) is 5.91 Å². The van der Waals surface area contributed by atoms with Gasteiger partial charge in [0.2, 0.25) is 5.91 Å². The Kier molecular flexibility index (Phi) is 6.19. The number of benzene rings is 2. The quantitative estimate of drug-likeness (QED) is 0.738. The summed E-state index contributed by atoms with van der Waals surface area (Å²) in [5.74, 6) is 1.47. The van der Waals surface area contributed by atoms with Crippen LogP contribution < -0.4 is 14.4 Å². The van der Waals surface area contributed by atoms with E-state index in [4.69, 9.17) is 9.47 Å². The van der Waals surface area contributed by atoms with Gasteiger partial charge < -0.3 is 19.3 Å². The number of hydrogen-bond donors (Lipinski definition) is 0. The Bertz CT molecular complexity index is 848. The van der Waals surface area contributed by atoms with Gasteiger partial charge in [0.05, 0.1) is 14.2 Å². The predicted octanol–water partition coefficient (Wildman–Crippen LogP) is 3.15. The zero-order valence-corrected chi connectivity index (χ0v) is 16.6. The van der Waals surface area contributed by atoms with E-state index in [1.807, 2.05) is 30.3 Å². The maximum Gasteiger partial charge on any atom is 0.253 e. The molecule has 148 valence electrons. The molecule has 3 rings (SSSR count). The summed E-state index contributed by atoms with van der Waals surface area (Å²) in [6, 6.07) is 13.0. The lowest BCUT2D eigenvalue weighted by Crippen LogP contribution is -2.29. The van der Waals surface area contributed by atoms with Gasteiger partial charge in [0, 0.05) is 37.8 Å². The van der Waals surface area contributed by atoms with E-state index in [1.165, 1.54) is 0 Å². The van der Waals surface area contributed by atoms with E-state index in [-0.39, 0.29) is 11.8 Å². The summed E-state index contributed by atoms with van der Waals surface area (Å²) in [4.78, 5) is 28.0. The maximum absolute atomic E-state index is 12.7. The molecule has 0 aromatic heterocycles. The monoisotopic (exact) mass is 382 g/mol. The first-order valence-electron chi connectivity index (χ1n) is 9.40. The van der Waals surface area contributed by atoms with Gasteiger partial charge in [-0.2, -0.15) is 0 Å². The Morgan fingerprint density at radius 2 is 1.79 bits per heavy atom. The second-order valence-electron chi connectivity index (χ2n) is 6.86. The van der Waals surface area contributed by atoms with Gasteiger partial charge in [-0.05, 0) is 54.8 Å². The Morgan fingerprint density at radius 1 is 1.07 bits per heavy atom. The van der Waals surface area contributed by atoms with Crippen LogP contribution in [0, 0.1) is 0 Å². The smallest absolute Gasteiger partial charge is 0.253 e. The van der Waals surface area contributed by atoms with Crippen LogP contribution in [0.1, 0.15) is 28.8 Å². The van der Waals surface area contributed by atoms with Crippen molar-refractivity contribution in [2.24, 2.45) is 0 Å². The number of nitrogens with zero attached hydrogens (tertiary/aromatic N) is 2. The van der Waals surface area contributed by atoms with E-state index in [0.717, 1.165) is 24.2 Å². The zero-order chi connectivity index (χ0) is 20.1. The predicted molar refractivity (Wildman–Crippen MR) is 108 cm³/mol. The number of methoxy groups -OCH3 is 2. The van der Waals surface area contributed by atoms with Crippen LogP contribution in [0.4, 0.5) is 5.69 Å². The Morgan fingerprint density at radius 3 is 2.39 bits per heavy atom. The molecule has 0 bridgehead atoms. The molecule has 1 aliphatic rings. The molecule has 1 heterocycles. The molecule has 6 heteroatoms. The molecule has 0 unspecified atom stereocenters. The second kappa shape index (κ2) is 8.78. The van der Waals surface area contributed by atoms with Crippen molar-refractivity contribution in [1.82, 2.24) is 4.90 Å². The topological polar surface area (TPSA) is 59.1 Å². The van der Waals surface area contributed by atoms with Crippen molar-refractivity contribution < 1.29 is 19.1 Å².